The highest BCUT2D eigenvalue weighted by molar-refractivity contribution is 4.93. The maximum absolute atomic E-state index is 11.0. The molecule has 1 N–H and O–H groups in total. The molecule has 1 atom stereocenters. The molecule has 96 valence electrons. The summed E-state index contributed by atoms with van der Waals surface area (Å²) in [7, 11) is 0. The van der Waals surface area contributed by atoms with Crippen LogP contribution < -0.4 is 0 Å². The van der Waals surface area contributed by atoms with Crippen LogP contribution in [0.15, 0.2) is 12.7 Å². The second-order valence-corrected chi connectivity index (χ2v) is 6.38. The van der Waals surface area contributed by atoms with E-state index in [0.717, 1.165) is 6.42 Å². The Bertz CT molecular complexity index is 351. The fraction of sp³-hybridized carbons (Fsp3) is 0.846. The van der Waals surface area contributed by atoms with E-state index in [1.807, 2.05) is 0 Å². The molecule has 4 nitrogen and oxygen atoms in total. The van der Waals surface area contributed by atoms with Crippen LogP contribution in [0, 0.1) is 11.3 Å². The van der Waals surface area contributed by atoms with Crippen molar-refractivity contribution < 1.29 is 5.11 Å². The van der Waals surface area contributed by atoms with Crippen molar-refractivity contribution >= 4 is 0 Å². The van der Waals surface area contributed by atoms with Gasteiger partial charge >= 0.3 is 0 Å². The Morgan fingerprint density at radius 2 is 2.06 bits per heavy atom. The summed E-state index contributed by atoms with van der Waals surface area (Å²) in [5.74, 6) is 0.683. The van der Waals surface area contributed by atoms with Crippen LogP contribution in [0.25, 0.3) is 0 Å². The van der Waals surface area contributed by atoms with Gasteiger partial charge in [0.1, 0.15) is 12.7 Å². The van der Waals surface area contributed by atoms with Gasteiger partial charge in [0.05, 0.1) is 12.1 Å². The normalized spacial score (nSPS) is 20.9. The van der Waals surface area contributed by atoms with Gasteiger partial charge in [-0.1, -0.05) is 40.0 Å². The summed E-state index contributed by atoms with van der Waals surface area (Å²) in [6.07, 6.45) is 7.90. The van der Waals surface area contributed by atoms with Gasteiger partial charge in [-0.3, -0.25) is 4.68 Å². The summed E-state index contributed by atoms with van der Waals surface area (Å²) in [6.45, 7) is 6.83. The molecule has 1 aliphatic rings. The first-order valence-corrected chi connectivity index (χ1v) is 6.45. The Hall–Kier alpha value is -0.900. The number of hydrogen-bond acceptors (Lipinski definition) is 3. The third-order valence-corrected chi connectivity index (χ3v) is 4.14. The van der Waals surface area contributed by atoms with Crippen LogP contribution in [0.4, 0.5) is 0 Å². The van der Waals surface area contributed by atoms with Crippen molar-refractivity contribution in [3.05, 3.63) is 12.7 Å². The monoisotopic (exact) mass is 237 g/mol. The molecule has 0 aliphatic heterocycles. The Labute approximate surface area is 103 Å². The minimum absolute atomic E-state index is 0.144. The minimum atomic E-state index is -0.703. The zero-order chi connectivity index (χ0) is 12.5. The second-order valence-electron chi connectivity index (χ2n) is 6.38. The first-order valence-electron chi connectivity index (χ1n) is 6.45. The molecule has 1 unspecified atom stereocenters. The molecule has 2 rings (SSSR count). The highest BCUT2D eigenvalue weighted by Crippen LogP contribution is 2.42. The standard InChI is InChI=1S/C13H23N3O/c1-12(2,3)13(17,7-11-5-4-6-11)8-16-10-14-9-15-16/h9-11,17H,4-8H2,1-3H3. The lowest BCUT2D eigenvalue weighted by Crippen LogP contribution is -2.48. The van der Waals surface area contributed by atoms with E-state index in [0.29, 0.717) is 12.5 Å². The lowest BCUT2D eigenvalue weighted by molar-refractivity contribution is -0.0968. The zero-order valence-electron chi connectivity index (χ0n) is 11.1. The van der Waals surface area contributed by atoms with Gasteiger partial charge in [-0.2, -0.15) is 5.10 Å². The van der Waals surface area contributed by atoms with Gasteiger partial charge < -0.3 is 5.11 Å². The molecule has 17 heavy (non-hydrogen) atoms. The Balaban J connectivity index is 2.11. The molecule has 0 radical (unpaired) electrons. The van der Waals surface area contributed by atoms with E-state index in [2.05, 4.69) is 30.9 Å². The predicted octanol–water partition coefficient (Wildman–Crippen LogP) is 2.25. The quantitative estimate of drug-likeness (QED) is 0.873. The highest BCUT2D eigenvalue weighted by Gasteiger charge is 2.43. The topological polar surface area (TPSA) is 50.9 Å². The largest absolute Gasteiger partial charge is 0.387 e. The average molecular weight is 237 g/mol. The zero-order valence-corrected chi connectivity index (χ0v) is 11.1. The Morgan fingerprint density at radius 1 is 1.35 bits per heavy atom. The molecule has 1 aromatic heterocycles. The van der Waals surface area contributed by atoms with E-state index < -0.39 is 5.60 Å². The molecule has 1 saturated carbocycles. The molecule has 0 saturated heterocycles. The molecular weight excluding hydrogens is 214 g/mol. The van der Waals surface area contributed by atoms with Crippen molar-refractivity contribution in [1.82, 2.24) is 14.8 Å². The first kappa shape index (κ1) is 12.6. The maximum Gasteiger partial charge on any atom is 0.137 e. The summed E-state index contributed by atoms with van der Waals surface area (Å²) in [4.78, 5) is 3.94. The van der Waals surface area contributed by atoms with Crippen molar-refractivity contribution in [1.29, 1.82) is 0 Å². The van der Waals surface area contributed by atoms with Crippen LogP contribution in [0.5, 0.6) is 0 Å². The van der Waals surface area contributed by atoms with Crippen molar-refractivity contribution in [3.8, 4) is 0 Å². The maximum atomic E-state index is 11.0. The van der Waals surface area contributed by atoms with E-state index >= 15 is 0 Å². The molecule has 4 heteroatoms. The molecule has 0 amide bonds. The summed E-state index contributed by atoms with van der Waals surface area (Å²) in [6, 6.07) is 0. The van der Waals surface area contributed by atoms with Crippen LogP contribution in [0.3, 0.4) is 0 Å². The summed E-state index contributed by atoms with van der Waals surface area (Å²) in [5.41, 5.74) is -0.847. The fourth-order valence-corrected chi connectivity index (χ4v) is 2.36. The predicted molar refractivity (Wildman–Crippen MR) is 66.4 cm³/mol. The second kappa shape index (κ2) is 4.41. The van der Waals surface area contributed by atoms with Crippen molar-refractivity contribution in [2.24, 2.45) is 11.3 Å². The smallest absolute Gasteiger partial charge is 0.137 e. The van der Waals surface area contributed by atoms with Crippen molar-refractivity contribution in [3.63, 3.8) is 0 Å². The van der Waals surface area contributed by atoms with Gasteiger partial charge in [-0.15, -0.1) is 0 Å². The number of hydrogen-bond donors (Lipinski definition) is 1. The molecule has 0 aromatic carbocycles. The lowest BCUT2D eigenvalue weighted by atomic mass is 9.67. The molecule has 1 heterocycles. The van der Waals surface area contributed by atoms with Crippen LogP contribution in [-0.4, -0.2) is 25.5 Å². The van der Waals surface area contributed by atoms with Crippen LogP contribution >= 0.6 is 0 Å². The van der Waals surface area contributed by atoms with Crippen LogP contribution in [0.2, 0.25) is 0 Å². The van der Waals surface area contributed by atoms with E-state index in [4.69, 9.17) is 0 Å². The third kappa shape index (κ3) is 2.68. The summed E-state index contributed by atoms with van der Waals surface area (Å²) >= 11 is 0. The molecular formula is C13H23N3O. The van der Waals surface area contributed by atoms with Crippen molar-refractivity contribution in [2.45, 2.75) is 58.6 Å². The Kier molecular flexibility index (Phi) is 3.25. The lowest BCUT2D eigenvalue weighted by Gasteiger charge is -2.44. The van der Waals surface area contributed by atoms with E-state index in [-0.39, 0.29) is 5.41 Å². The average Bonchev–Trinajstić information content (AvgIpc) is 2.62. The van der Waals surface area contributed by atoms with Gasteiger partial charge in [0, 0.05) is 0 Å². The van der Waals surface area contributed by atoms with E-state index in [1.165, 1.54) is 25.6 Å². The summed E-state index contributed by atoms with van der Waals surface area (Å²) in [5, 5.41) is 15.1. The summed E-state index contributed by atoms with van der Waals surface area (Å²) < 4.78 is 1.74. The van der Waals surface area contributed by atoms with E-state index in [1.54, 1.807) is 11.0 Å². The number of rotatable bonds is 4. The SMILES string of the molecule is CC(C)(C)C(O)(CC1CCC1)Cn1cncn1. The molecule has 1 aliphatic carbocycles. The van der Waals surface area contributed by atoms with Gasteiger partial charge in [-0.05, 0) is 17.8 Å². The van der Waals surface area contributed by atoms with Crippen LogP contribution in [0.1, 0.15) is 46.5 Å². The van der Waals surface area contributed by atoms with Gasteiger partial charge in [0.2, 0.25) is 0 Å². The van der Waals surface area contributed by atoms with Crippen molar-refractivity contribution in [2.75, 3.05) is 0 Å². The Morgan fingerprint density at radius 3 is 2.47 bits per heavy atom. The third-order valence-electron chi connectivity index (χ3n) is 4.14. The van der Waals surface area contributed by atoms with E-state index in [9.17, 15) is 5.11 Å². The molecule has 0 spiro atoms. The highest BCUT2D eigenvalue weighted by atomic mass is 16.3. The van der Waals surface area contributed by atoms with Gasteiger partial charge in [0.25, 0.3) is 0 Å². The molecule has 1 aromatic rings. The van der Waals surface area contributed by atoms with Gasteiger partial charge in [0.15, 0.2) is 0 Å². The number of nitrogens with zero attached hydrogens (tertiary/aromatic N) is 3. The number of aliphatic hydroxyl groups is 1. The number of aromatic nitrogens is 3. The minimum Gasteiger partial charge on any atom is -0.387 e. The fourth-order valence-electron chi connectivity index (χ4n) is 2.36. The van der Waals surface area contributed by atoms with Crippen LogP contribution in [-0.2, 0) is 6.54 Å². The molecule has 0 bridgehead atoms. The molecule has 1 fully saturated rings. The first-order chi connectivity index (χ1) is 7.91. The van der Waals surface area contributed by atoms with Gasteiger partial charge in [-0.25, -0.2) is 4.98 Å².